The molecular formula is C16H10O6. The molecule has 1 aliphatic rings. The van der Waals surface area contributed by atoms with E-state index >= 15 is 0 Å². The number of hydrogen-bond donors (Lipinski definition) is 1. The molecule has 0 radical (unpaired) electrons. The van der Waals surface area contributed by atoms with E-state index in [1.807, 2.05) is 0 Å². The number of ketones is 1. The number of hydrogen-bond acceptors (Lipinski definition) is 6. The van der Waals surface area contributed by atoms with Crippen LogP contribution < -0.4 is 15.1 Å². The van der Waals surface area contributed by atoms with Gasteiger partial charge in [-0.25, -0.2) is 4.79 Å². The van der Waals surface area contributed by atoms with Crippen molar-refractivity contribution < 1.29 is 23.8 Å². The molecule has 4 rings (SSSR count). The van der Waals surface area contributed by atoms with E-state index in [1.165, 1.54) is 13.0 Å². The summed E-state index contributed by atoms with van der Waals surface area (Å²) < 4.78 is 15.9. The summed E-state index contributed by atoms with van der Waals surface area (Å²) >= 11 is 0. The van der Waals surface area contributed by atoms with E-state index in [0.717, 1.165) is 0 Å². The summed E-state index contributed by atoms with van der Waals surface area (Å²) in [4.78, 5) is 24.0. The summed E-state index contributed by atoms with van der Waals surface area (Å²) in [5.74, 6) is 0.399. The molecule has 0 bridgehead atoms. The van der Waals surface area contributed by atoms with Crippen LogP contribution in [0.15, 0.2) is 33.5 Å². The lowest BCUT2D eigenvalue weighted by atomic mass is 10.0. The van der Waals surface area contributed by atoms with Crippen LogP contribution in [0, 0.1) is 0 Å². The summed E-state index contributed by atoms with van der Waals surface area (Å²) in [5.41, 5.74) is -0.535. The SMILES string of the molecule is CC(=O)c1c(O)ccc2c1oc(=O)c1cc3c(cc12)OCO3. The number of phenols is 1. The van der Waals surface area contributed by atoms with E-state index in [2.05, 4.69) is 0 Å². The van der Waals surface area contributed by atoms with Crippen LogP contribution in [0.4, 0.5) is 0 Å². The van der Waals surface area contributed by atoms with Crippen molar-refractivity contribution in [3.63, 3.8) is 0 Å². The van der Waals surface area contributed by atoms with Crippen molar-refractivity contribution in [2.45, 2.75) is 6.92 Å². The minimum atomic E-state index is -0.603. The van der Waals surface area contributed by atoms with E-state index in [9.17, 15) is 14.7 Å². The average Bonchev–Trinajstić information content (AvgIpc) is 2.92. The number of ether oxygens (including phenoxy) is 2. The largest absolute Gasteiger partial charge is 0.507 e. The van der Waals surface area contributed by atoms with Crippen molar-refractivity contribution in [1.29, 1.82) is 0 Å². The summed E-state index contributed by atoms with van der Waals surface area (Å²) in [7, 11) is 0. The van der Waals surface area contributed by atoms with Gasteiger partial charge in [0.1, 0.15) is 11.3 Å². The van der Waals surface area contributed by atoms with Gasteiger partial charge in [-0.2, -0.15) is 0 Å². The molecule has 2 aromatic carbocycles. The monoisotopic (exact) mass is 298 g/mol. The minimum absolute atomic E-state index is 0.00540. The molecule has 0 fully saturated rings. The molecule has 0 aliphatic carbocycles. The smallest absolute Gasteiger partial charge is 0.344 e. The zero-order valence-corrected chi connectivity index (χ0v) is 11.5. The van der Waals surface area contributed by atoms with Crippen LogP contribution >= 0.6 is 0 Å². The van der Waals surface area contributed by atoms with Gasteiger partial charge >= 0.3 is 5.63 Å². The quantitative estimate of drug-likeness (QED) is 0.422. The van der Waals surface area contributed by atoms with Crippen molar-refractivity contribution in [3.8, 4) is 17.2 Å². The first-order valence-corrected chi connectivity index (χ1v) is 6.59. The van der Waals surface area contributed by atoms with Gasteiger partial charge in [0.15, 0.2) is 22.9 Å². The number of carbonyl (C=O) groups excluding carboxylic acids is 1. The lowest BCUT2D eigenvalue weighted by Crippen LogP contribution is -2.03. The van der Waals surface area contributed by atoms with Crippen molar-refractivity contribution in [2.75, 3.05) is 6.79 Å². The molecule has 110 valence electrons. The van der Waals surface area contributed by atoms with Gasteiger partial charge in [-0.1, -0.05) is 0 Å². The summed E-state index contributed by atoms with van der Waals surface area (Å²) in [6.07, 6.45) is 0. The highest BCUT2D eigenvalue weighted by atomic mass is 16.7. The third kappa shape index (κ3) is 1.60. The van der Waals surface area contributed by atoms with Crippen LogP contribution in [0.25, 0.3) is 21.7 Å². The number of aromatic hydroxyl groups is 1. The first-order valence-electron chi connectivity index (χ1n) is 6.59. The maximum Gasteiger partial charge on any atom is 0.344 e. The molecule has 1 N–H and O–H groups in total. The Morgan fingerprint density at radius 3 is 2.45 bits per heavy atom. The van der Waals surface area contributed by atoms with Crippen LogP contribution in [-0.4, -0.2) is 17.7 Å². The molecule has 3 aromatic rings. The van der Waals surface area contributed by atoms with Gasteiger partial charge in [-0.05, 0) is 31.2 Å². The summed E-state index contributed by atoms with van der Waals surface area (Å²) in [6.45, 7) is 1.40. The molecule has 6 heteroatoms. The van der Waals surface area contributed by atoms with Gasteiger partial charge in [0, 0.05) is 10.8 Å². The molecule has 0 atom stereocenters. The Labute approximate surface area is 123 Å². The maximum atomic E-state index is 12.2. The third-order valence-corrected chi connectivity index (χ3v) is 3.71. The molecule has 1 aliphatic heterocycles. The lowest BCUT2D eigenvalue weighted by molar-refractivity contribution is 0.101. The molecule has 2 heterocycles. The van der Waals surface area contributed by atoms with Crippen LogP contribution in [0.5, 0.6) is 17.2 Å². The molecule has 0 unspecified atom stereocenters. The zero-order valence-electron chi connectivity index (χ0n) is 11.5. The fourth-order valence-electron chi connectivity index (χ4n) is 2.71. The second kappa shape index (κ2) is 4.24. The molecule has 1 aromatic heterocycles. The predicted octanol–water partition coefficient (Wildman–Crippen LogP) is 2.58. The van der Waals surface area contributed by atoms with Crippen LogP contribution in [0.2, 0.25) is 0 Å². The zero-order chi connectivity index (χ0) is 15.4. The Morgan fingerprint density at radius 2 is 1.77 bits per heavy atom. The second-order valence-electron chi connectivity index (χ2n) is 5.03. The van der Waals surface area contributed by atoms with Gasteiger partial charge in [-0.3, -0.25) is 4.79 Å². The van der Waals surface area contributed by atoms with Crippen molar-refractivity contribution in [3.05, 3.63) is 40.2 Å². The standard InChI is InChI=1S/C16H10O6/c1-7(17)14-11(18)3-2-8-9-4-12-13(21-6-20-12)5-10(9)16(19)22-15(8)14/h2-5,18H,6H2,1H3. The first kappa shape index (κ1) is 12.7. The lowest BCUT2D eigenvalue weighted by Gasteiger charge is -2.08. The fraction of sp³-hybridized carbons (Fsp3) is 0.125. The molecule has 0 amide bonds. The highest BCUT2D eigenvalue weighted by molar-refractivity contribution is 6.14. The molecule has 22 heavy (non-hydrogen) atoms. The Bertz CT molecular complexity index is 1010. The summed E-state index contributed by atoms with van der Waals surface area (Å²) in [6, 6.07) is 6.24. The average molecular weight is 298 g/mol. The van der Waals surface area contributed by atoms with E-state index in [4.69, 9.17) is 13.9 Å². The molecule has 0 saturated heterocycles. The van der Waals surface area contributed by atoms with Gasteiger partial charge in [0.25, 0.3) is 0 Å². The van der Waals surface area contributed by atoms with Gasteiger partial charge < -0.3 is 19.0 Å². The third-order valence-electron chi connectivity index (χ3n) is 3.71. The Balaban J connectivity index is 2.23. The normalized spacial score (nSPS) is 13.0. The number of Topliss-reactive ketones (excluding diaryl/α,β-unsaturated/α-hetero) is 1. The fourth-order valence-corrected chi connectivity index (χ4v) is 2.71. The maximum absolute atomic E-state index is 12.2. The Kier molecular flexibility index (Phi) is 2.45. The van der Waals surface area contributed by atoms with Gasteiger partial charge in [0.05, 0.1) is 5.39 Å². The molecule has 0 spiro atoms. The number of fused-ring (bicyclic) bond motifs is 4. The van der Waals surface area contributed by atoms with Crippen LogP contribution in [-0.2, 0) is 0 Å². The number of rotatable bonds is 1. The Morgan fingerprint density at radius 1 is 1.09 bits per heavy atom. The van der Waals surface area contributed by atoms with E-state index < -0.39 is 5.63 Å². The van der Waals surface area contributed by atoms with Crippen molar-refractivity contribution in [2.24, 2.45) is 0 Å². The van der Waals surface area contributed by atoms with Crippen LogP contribution in [0.3, 0.4) is 0 Å². The van der Waals surface area contributed by atoms with E-state index in [0.29, 0.717) is 27.7 Å². The second-order valence-corrected chi connectivity index (χ2v) is 5.03. The van der Waals surface area contributed by atoms with Gasteiger partial charge in [0.2, 0.25) is 6.79 Å². The van der Waals surface area contributed by atoms with Gasteiger partial charge in [-0.15, -0.1) is 0 Å². The van der Waals surface area contributed by atoms with Crippen molar-refractivity contribution in [1.82, 2.24) is 0 Å². The van der Waals surface area contributed by atoms with Crippen LogP contribution in [0.1, 0.15) is 17.3 Å². The Hall–Kier alpha value is -3.02. The number of phenolic OH excluding ortho intramolecular Hbond substituents is 1. The van der Waals surface area contributed by atoms with Crippen molar-refractivity contribution >= 4 is 27.5 Å². The molecule has 6 nitrogen and oxygen atoms in total. The first-order chi connectivity index (χ1) is 10.6. The molecule has 0 saturated carbocycles. The number of carbonyl (C=O) groups is 1. The highest BCUT2D eigenvalue weighted by Gasteiger charge is 2.21. The highest BCUT2D eigenvalue weighted by Crippen LogP contribution is 2.38. The summed E-state index contributed by atoms with van der Waals surface area (Å²) in [5, 5.41) is 11.3. The van der Waals surface area contributed by atoms with E-state index in [1.54, 1.807) is 18.2 Å². The van der Waals surface area contributed by atoms with E-state index in [-0.39, 0.29) is 29.5 Å². The minimum Gasteiger partial charge on any atom is -0.507 e. The number of benzene rings is 2. The topological polar surface area (TPSA) is 86.0 Å². The predicted molar refractivity (Wildman–Crippen MR) is 77.8 cm³/mol. The molecular weight excluding hydrogens is 288 g/mol.